The predicted molar refractivity (Wildman–Crippen MR) is 124 cm³/mol. The van der Waals surface area contributed by atoms with Gasteiger partial charge in [0.25, 0.3) is 11.6 Å². The van der Waals surface area contributed by atoms with Gasteiger partial charge in [0, 0.05) is 23.7 Å². The van der Waals surface area contributed by atoms with Crippen LogP contribution in [0.5, 0.6) is 0 Å². The third kappa shape index (κ3) is 3.66. The number of carbonyl (C=O) groups excluding carboxylic acids is 1. The average Bonchev–Trinajstić information content (AvgIpc) is 3.11. The van der Waals surface area contributed by atoms with Crippen LogP contribution in [0.15, 0.2) is 82.0 Å². The van der Waals surface area contributed by atoms with Crippen molar-refractivity contribution in [2.45, 2.75) is 12.5 Å². The molecular weight excluding hydrogens is 444 g/mol. The Hall–Kier alpha value is -3.97. The number of benzene rings is 3. The van der Waals surface area contributed by atoms with Crippen LogP contribution in [0.1, 0.15) is 33.3 Å². The number of fused-ring (bicyclic) bond motifs is 2. The summed E-state index contributed by atoms with van der Waals surface area (Å²) in [7, 11) is 0. The molecule has 0 aliphatic carbocycles. The minimum atomic E-state index is -0.809. The lowest BCUT2D eigenvalue weighted by Gasteiger charge is -2.25. The van der Waals surface area contributed by atoms with Gasteiger partial charge in [-0.1, -0.05) is 54.1 Å². The molecule has 8 heteroatoms. The van der Waals surface area contributed by atoms with Crippen molar-refractivity contribution in [2.24, 2.45) is 0 Å². The molecule has 0 saturated carbocycles. The molecule has 0 fully saturated rings. The minimum Gasteiger partial charge on any atom is -0.450 e. The maximum Gasteiger partial charge on any atom is 0.290 e. The number of rotatable bonds is 5. The van der Waals surface area contributed by atoms with Gasteiger partial charge in [0.1, 0.15) is 5.58 Å². The second-order valence-electron chi connectivity index (χ2n) is 7.80. The molecule has 2 heterocycles. The van der Waals surface area contributed by atoms with Gasteiger partial charge >= 0.3 is 0 Å². The third-order valence-corrected chi connectivity index (χ3v) is 6.04. The fourth-order valence-corrected chi connectivity index (χ4v) is 4.44. The summed E-state index contributed by atoms with van der Waals surface area (Å²) >= 11 is 6.09. The fraction of sp³-hybridized carbons (Fsp3) is 0.120. The van der Waals surface area contributed by atoms with Gasteiger partial charge in [0.15, 0.2) is 5.43 Å². The summed E-state index contributed by atoms with van der Waals surface area (Å²) in [4.78, 5) is 39.3. The Morgan fingerprint density at radius 2 is 1.79 bits per heavy atom. The third-order valence-electron chi connectivity index (χ3n) is 5.81. The molecule has 164 valence electrons. The van der Waals surface area contributed by atoms with E-state index in [2.05, 4.69) is 0 Å². The lowest BCUT2D eigenvalue weighted by atomic mass is 9.98. The van der Waals surface area contributed by atoms with Crippen molar-refractivity contribution >= 4 is 34.2 Å². The molecule has 7 nitrogen and oxygen atoms in total. The standard InChI is InChI=1S/C25H17ClN2O5/c26-17-9-10-20-19(14-17)23(29)21-22(16-7-4-8-18(13-16)28(31)32)27(25(30)24(21)33-20)12-11-15-5-2-1-3-6-15/h1-10,13-14,22H,11-12H2/t22-/m0/s1. The van der Waals surface area contributed by atoms with Crippen LogP contribution < -0.4 is 5.43 Å². The molecule has 0 saturated heterocycles. The van der Waals surface area contributed by atoms with Crippen LogP contribution in [0.4, 0.5) is 5.69 Å². The largest absolute Gasteiger partial charge is 0.450 e. The number of carbonyl (C=O) groups is 1. The zero-order chi connectivity index (χ0) is 23.1. The topological polar surface area (TPSA) is 93.7 Å². The van der Waals surface area contributed by atoms with Crippen molar-refractivity contribution in [2.75, 3.05) is 6.54 Å². The molecule has 1 amide bonds. The molecular formula is C25H17ClN2O5. The molecule has 1 aliphatic rings. The van der Waals surface area contributed by atoms with E-state index in [1.165, 1.54) is 18.2 Å². The quantitative estimate of drug-likeness (QED) is 0.303. The summed E-state index contributed by atoms with van der Waals surface area (Å²) in [5.74, 6) is -0.467. The van der Waals surface area contributed by atoms with E-state index in [1.54, 1.807) is 29.2 Å². The van der Waals surface area contributed by atoms with Gasteiger partial charge < -0.3 is 9.32 Å². The maximum absolute atomic E-state index is 13.5. The van der Waals surface area contributed by atoms with Crippen molar-refractivity contribution in [1.82, 2.24) is 4.90 Å². The van der Waals surface area contributed by atoms with Crippen LogP contribution in [0.3, 0.4) is 0 Å². The number of hydrogen-bond acceptors (Lipinski definition) is 5. The Bertz CT molecular complexity index is 1470. The molecule has 4 aromatic rings. The van der Waals surface area contributed by atoms with Gasteiger partial charge in [-0.15, -0.1) is 0 Å². The van der Waals surface area contributed by atoms with E-state index in [-0.39, 0.29) is 33.4 Å². The maximum atomic E-state index is 13.5. The monoisotopic (exact) mass is 460 g/mol. The van der Waals surface area contributed by atoms with E-state index < -0.39 is 16.9 Å². The van der Waals surface area contributed by atoms with Gasteiger partial charge in [-0.05, 0) is 35.7 Å². The molecule has 0 spiro atoms. The summed E-state index contributed by atoms with van der Waals surface area (Å²) in [6.45, 7) is 0.303. The van der Waals surface area contributed by atoms with Gasteiger partial charge in [-0.2, -0.15) is 0 Å². The van der Waals surface area contributed by atoms with Gasteiger partial charge in [-0.3, -0.25) is 19.7 Å². The first kappa shape index (κ1) is 20.9. The van der Waals surface area contributed by atoms with E-state index >= 15 is 0 Å². The second-order valence-corrected chi connectivity index (χ2v) is 8.24. The normalized spacial score (nSPS) is 15.1. The number of halogens is 1. The molecule has 33 heavy (non-hydrogen) atoms. The second kappa shape index (κ2) is 8.18. The number of nitro groups is 1. The molecule has 0 bridgehead atoms. The van der Waals surface area contributed by atoms with Crippen LogP contribution in [-0.2, 0) is 6.42 Å². The lowest BCUT2D eigenvalue weighted by molar-refractivity contribution is -0.384. The summed E-state index contributed by atoms with van der Waals surface area (Å²) in [5, 5.41) is 12.0. The molecule has 5 rings (SSSR count). The molecule has 0 radical (unpaired) electrons. The summed E-state index contributed by atoms with van der Waals surface area (Å²) in [6.07, 6.45) is 0.547. The fourth-order valence-electron chi connectivity index (χ4n) is 4.27. The number of nitro benzene ring substituents is 1. The molecule has 1 aromatic heterocycles. The number of amides is 1. The summed E-state index contributed by atoms with van der Waals surface area (Å²) in [5.41, 5.74) is 1.43. The zero-order valence-corrected chi connectivity index (χ0v) is 18.0. The predicted octanol–water partition coefficient (Wildman–Crippen LogP) is 5.14. The SMILES string of the molecule is O=C1c2oc3ccc(Cl)cc3c(=O)c2[C@H](c2cccc([N+](=O)[O-])c2)N1CCc1ccccc1. The summed E-state index contributed by atoms with van der Waals surface area (Å²) < 4.78 is 5.88. The average molecular weight is 461 g/mol. The number of hydrogen-bond donors (Lipinski definition) is 0. The highest BCUT2D eigenvalue weighted by atomic mass is 35.5. The van der Waals surface area contributed by atoms with Gasteiger partial charge in [0.2, 0.25) is 5.76 Å². The first-order valence-corrected chi connectivity index (χ1v) is 10.7. The molecule has 1 atom stereocenters. The first-order valence-electron chi connectivity index (χ1n) is 10.3. The van der Waals surface area contributed by atoms with Crippen LogP contribution in [0, 0.1) is 10.1 Å². The summed E-state index contributed by atoms with van der Waals surface area (Å²) in [6, 6.07) is 19.5. The van der Waals surface area contributed by atoms with Crippen LogP contribution in [0.2, 0.25) is 5.02 Å². The van der Waals surface area contributed by atoms with Crippen LogP contribution >= 0.6 is 11.6 Å². The smallest absolute Gasteiger partial charge is 0.290 e. The van der Waals surface area contributed by atoms with E-state index in [0.717, 1.165) is 5.56 Å². The van der Waals surface area contributed by atoms with E-state index in [4.69, 9.17) is 16.0 Å². The molecule has 0 unspecified atom stereocenters. The van der Waals surface area contributed by atoms with Gasteiger partial charge in [-0.25, -0.2) is 0 Å². The number of nitrogens with zero attached hydrogens (tertiary/aromatic N) is 2. The Morgan fingerprint density at radius 1 is 1.00 bits per heavy atom. The highest BCUT2D eigenvalue weighted by Gasteiger charge is 2.42. The van der Waals surface area contributed by atoms with Crippen LogP contribution in [-0.4, -0.2) is 22.3 Å². The highest BCUT2D eigenvalue weighted by molar-refractivity contribution is 6.31. The Kier molecular flexibility index (Phi) is 5.18. The highest BCUT2D eigenvalue weighted by Crippen LogP contribution is 2.39. The van der Waals surface area contributed by atoms with Crippen molar-refractivity contribution in [3.05, 3.63) is 121 Å². The number of non-ortho nitro benzene ring substituents is 1. The minimum absolute atomic E-state index is 0.0422. The van der Waals surface area contributed by atoms with Crippen molar-refractivity contribution in [1.29, 1.82) is 0 Å². The first-order chi connectivity index (χ1) is 15.9. The van der Waals surface area contributed by atoms with Crippen molar-refractivity contribution < 1.29 is 14.1 Å². The zero-order valence-electron chi connectivity index (χ0n) is 17.2. The Morgan fingerprint density at radius 3 is 2.55 bits per heavy atom. The molecule has 0 N–H and O–H groups in total. The van der Waals surface area contributed by atoms with Gasteiger partial charge in [0.05, 0.1) is 21.9 Å². The van der Waals surface area contributed by atoms with E-state index in [9.17, 15) is 19.7 Å². The van der Waals surface area contributed by atoms with E-state index in [1.807, 2.05) is 30.3 Å². The Labute approximate surface area is 193 Å². The van der Waals surface area contributed by atoms with Crippen molar-refractivity contribution in [3.8, 4) is 0 Å². The van der Waals surface area contributed by atoms with Crippen molar-refractivity contribution in [3.63, 3.8) is 0 Å². The lowest BCUT2D eigenvalue weighted by Crippen LogP contribution is -2.31. The van der Waals surface area contributed by atoms with E-state index in [0.29, 0.717) is 23.6 Å². The molecule has 1 aliphatic heterocycles. The Balaban J connectivity index is 1.68. The van der Waals surface area contributed by atoms with Crippen LogP contribution in [0.25, 0.3) is 11.0 Å². The molecule has 3 aromatic carbocycles.